The number of esters is 1. The van der Waals surface area contributed by atoms with E-state index in [9.17, 15) is 4.79 Å². The van der Waals surface area contributed by atoms with Crippen LogP contribution in [-0.2, 0) is 21.5 Å². The average Bonchev–Trinajstić information content (AvgIpc) is 3.12. The summed E-state index contributed by atoms with van der Waals surface area (Å²) < 4.78 is 4.98. The topological polar surface area (TPSA) is 54.1 Å². The van der Waals surface area contributed by atoms with Gasteiger partial charge in [-0.25, -0.2) is 0 Å². The number of aromatic amines is 1. The Hall–Kier alpha value is -1.81. The Morgan fingerprint density at radius 2 is 2.05 bits per heavy atom. The summed E-state index contributed by atoms with van der Waals surface area (Å²) in [7, 11) is 1.47. The lowest BCUT2D eigenvalue weighted by molar-refractivity contribution is -0.144. The van der Waals surface area contributed by atoms with E-state index in [-0.39, 0.29) is 17.6 Å². The molecule has 1 saturated carbocycles. The van der Waals surface area contributed by atoms with Gasteiger partial charge in [0, 0.05) is 23.0 Å². The summed E-state index contributed by atoms with van der Waals surface area (Å²) in [6.07, 6.45) is 5.28. The fraction of sp³-hybridized carbons (Fsp3) is 0.471. The van der Waals surface area contributed by atoms with Crippen molar-refractivity contribution in [3.8, 4) is 0 Å². The Morgan fingerprint density at radius 3 is 2.81 bits per heavy atom. The number of nitrogens with one attached hydrogen (secondary N) is 2. The number of fused-ring (bicyclic) bond motifs is 4. The number of hydrogen-bond donors (Lipinski definition) is 2. The van der Waals surface area contributed by atoms with Crippen LogP contribution in [0, 0.1) is 0 Å². The van der Waals surface area contributed by atoms with Gasteiger partial charge in [0.05, 0.1) is 12.6 Å². The van der Waals surface area contributed by atoms with Crippen molar-refractivity contribution < 1.29 is 9.53 Å². The van der Waals surface area contributed by atoms with Crippen LogP contribution in [0.25, 0.3) is 10.9 Å². The first-order chi connectivity index (χ1) is 10.2. The lowest BCUT2D eigenvalue weighted by Crippen LogP contribution is -2.54. The maximum absolute atomic E-state index is 12.1. The standard InChI is InChI=1S/C17H20N2O2/c1-21-16(20)14-10-12-11-6-2-3-7-13(11)18-15(12)17(19-14)8-4-5-9-17/h2-3,6-7,14,18-19H,4-5,8-10H2,1H3/t14-/m1/s1. The molecule has 4 nitrogen and oxygen atoms in total. The van der Waals surface area contributed by atoms with Crippen molar-refractivity contribution in [1.29, 1.82) is 0 Å². The number of carbonyl (C=O) groups is 1. The Morgan fingerprint density at radius 1 is 1.29 bits per heavy atom. The molecule has 0 bridgehead atoms. The molecule has 1 spiro atoms. The number of para-hydroxylation sites is 1. The predicted octanol–water partition coefficient (Wildman–Crippen LogP) is 2.62. The highest BCUT2D eigenvalue weighted by Crippen LogP contribution is 2.45. The summed E-state index contributed by atoms with van der Waals surface area (Å²) in [5.41, 5.74) is 3.68. The fourth-order valence-corrected chi connectivity index (χ4v) is 4.14. The molecule has 110 valence electrons. The van der Waals surface area contributed by atoms with E-state index in [1.165, 1.54) is 42.1 Å². The largest absolute Gasteiger partial charge is 0.468 e. The number of H-pyrrole nitrogens is 1. The number of carbonyl (C=O) groups excluding carboxylic acids is 1. The molecule has 2 aliphatic rings. The van der Waals surface area contributed by atoms with Crippen molar-refractivity contribution in [2.75, 3.05) is 7.11 Å². The zero-order valence-electron chi connectivity index (χ0n) is 12.2. The Balaban J connectivity index is 1.89. The molecule has 1 atom stereocenters. The Kier molecular flexibility index (Phi) is 2.82. The SMILES string of the molecule is COC(=O)[C@H]1Cc2c([nH]c3ccccc23)C2(CCCC2)N1. The van der Waals surface area contributed by atoms with Crippen LogP contribution in [-0.4, -0.2) is 24.1 Å². The number of rotatable bonds is 1. The minimum absolute atomic E-state index is 0.0779. The summed E-state index contributed by atoms with van der Waals surface area (Å²) in [5.74, 6) is -0.155. The van der Waals surface area contributed by atoms with Crippen LogP contribution in [0.1, 0.15) is 36.9 Å². The lowest BCUT2D eigenvalue weighted by atomic mass is 9.82. The summed E-state index contributed by atoms with van der Waals surface area (Å²) in [6, 6.07) is 8.14. The molecule has 2 heterocycles. The molecular weight excluding hydrogens is 264 g/mol. The molecule has 2 aromatic rings. The molecule has 1 aromatic heterocycles. The van der Waals surface area contributed by atoms with Crippen LogP contribution in [0.4, 0.5) is 0 Å². The molecule has 4 rings (SSSR count). The van der Waals surface area contributed by atoms with Crippen LogP contribution < -0.4 is 5.32 Å². The average molecular weight is 284 g/mol. The number of ether oxygens (including phenoxy) is 1. The van der Waals surface area contributed by atoms with Crippen molar-refractivity contribution in [2.24, 2.45) is 0 Å². The molecule has 1 fully saturated rings. The molecule has 0 radical (unpaired) electrons. The first-order valence-corrected chi connectivity index (χ1v) is 7.69. The van der Waals surface area contributed by atoms with Crippen LogP contribution in [0.2, 0.25) is 0 Å². The van der Waals surface area contributed by atoms with E-state index >= 15 is 0 Å². The summed E-state index contributed by atoms with van der Waals surface area (Å²) in [6.45, 7) is 0. The number of hydrogen-bond acceptors (Lipinski definition) is 3. The fourth-order valence-electron chi connectivity index (χ4n) is 4.14. The van der Waals surface area contributed by atoms with Gasteiger partial charge in [-0.15, -0.1) is 0 Å². The molecular formula is C17H20N2O2. The van der Waals surface area contributed by atoms with E-state index in [4.69, 9.17) is 4.74 Å². The normalized spacial score (nSPS) is 23.4. The van der Waals surface area contributed by atoms with Gasteiger partial charge in [-0.3, -0.25) is 10.1 Å². The Labute approximate surface area is 123 Å². The van der Waals surface area contributed by atoms with E-state index in [0.717, 1.165) is 12.8 Å². The van der Waals surface area contributed by atoms with Crippen molar-refractivity contribution in [3.05, 3.63) is 35.5 Å². The zero-order valence-corrected chi connectivity index (χ0v) is 12.2. The van der Waals surface area contributed by atoms with Gasteiger partial charge in [-0.2, -0.15) is 0 Å². The summed E-state index contributed by atoms with van der Waals surface area (Å²) >= 11 is 0. The van der Waals surface area contributed by atoms with Gasteiger partial charge < -0.3 is 9.72 Å². The van der Waals surface area contributed by atoms with Crippen molar-refractivity contribution >= 4 is 16.9 Å². The zero-order chi connectivity index (χ0) is 14.4. The number of aromatic nitrogens is 1. The minimum Gasteiger partial charge on any atom is -0.468 e. The summed E-state index contributed by atoms with van der Waals surface area (Å²) in [4.78, 5) is 15.7. The minimum atomic E-state index is -0.236. The third-order valence-electron chi connectivity index (χ3n) is 5.09. The monoisotopic (exact) mass is 284 g/mol. The highest BCUT2D eigenvalue weighted by Gasteiger charge is 2.45. The van der Waals surface area contributed by atoms with Gasteiger partial charge in [0.1, 0.15) is 6.04 Å². The maximum atomic E-state index is 12.1. The molecule has 21 heavy (non-hydrogen) atoms. The first kappa shape index (κ1) is 12.9. The van der Waals surface area contributed by atoms with Crippen molar-refractivity contribution in [2.45, 2.75) is 43.7 Å². The second-order valence-electron chi connectivity index (χ2n) is 6.24. The highest BCUT2D eigenvalue weighted by molar-refractivity contribution is 5.87. The number of methoxy groups -OCH3 is 1. The third kappa shape index (κ3) is 1.82. The highest BCUT2D eigenvalue weighted by atomic mass is 16.5. The molecule has 0 amide bonds. The van der Waals surface area contributed by atoms with Gasteiger partial charge in [0.15, 0.2) is 0 Å². The van der Waals surface area contributed by atoms with E-state index in [0.29, 0.717) is 6.42 Å². The van der Waals surface area contributed by atoms with E-state index < -0.39 is 0 Å². The van der Waals surface area contributed by atoms with Crippen LogP contribution in [0.15, 0.2) is 24.3 Å². The molecule has 0 unspecified atom stereocenters. The van der Waals surface area contributed by atoms with E-state index in [2.05, 4.69) is 34.6 Å². The van der Waals surface area contributed by atoms with E-state index in [1.54, 1.807) is 0 Å². The van der Waals surface area contributed by atoms with Crippen LogP contribution in [0.3, 0.4) is 0 Å². The first-order valence-electron chi connectivity index (χ1n) is 7.69. The van der Waals surface area contributed by atoms with Crippen LogP contribution in [0.5, 0.6) is 0 Å². The van der Waals surface area contributed by atoms with Gasteiger partial charge in [0.25, 0.3) is 0 Å². The third-order valence-corrected chi connectivity index (χ3v) is 5.09. The summed E-state index contributed by atoms with van der Waals surface area (Å²) in [5, 5.41) is 4.84. The molecule has 2 N–H and O–H groups in total. The molecule has 1 aromatic carbocycles. The molecule has 1 aliphatic carbocycles. The maximum Gasteiger partial charge on any atom is 0.323 e. The lowest BCUT2D eigenvalue weighted by Gasteiger charge is -2.38. The molecule has 1 aliphatic heterocycles. The quantitative estimate of drug-likeness (QED) is 0.792. The van der Waals surface area contributed by atoms with Crippen LogP contribution >= 0.6 is 0 Å². The van der Waals surface area contributed by atoms with Crippen molar-refractivity contribution in [3.63, 3.8) is 0 Å². The van der Waals surface area contributed by atoms with Gasteiger partial charge >= 0.3 is 5.97 Å². The Bertz CT molecular complexity index is 698. The molecule has 0 saturated heterocycles. The smallest absolute Gasteiger partial charge is 0.323 e. The van der Waals surface area contributed by atoms with Crippen molar-refractivity contribution in [1.82, 2.24) is 10.3 Å². The van der Waals surface area contributed by atoms with Gasteiger partial charge in [-0.05, 0) is 24.5 Å². The second-order valence-corrected chi connectivity index (χ2v) is 6.24. The predicted molar refractivity (Wildman–Crippen MR) is 81.1 cm³/mol. The van der Waals surface area contributed by atoms with Gasteiger partial charge in [-0.1, -0.05) is 31.0 Å². The molecule has 4 heteroatoms. The second kappa shape index (κ2) is 4.60. The van der Waals surface area contributed by atoms with E-state index in [1.807, 2.05) is 0 Å². The number of benzene rings is 1. The van der Waals surface area contributed by atoms with Gasteiger partial charge in [0.2, 0.25) is 0 Å².